The molecule has 0 radical (unpaired) electrons. The Hall–Kier alpha value is -2.31. The average Bonchev–Trinajstić information content (AvgIpc) is 3.06. The predicted molar refractivity (Wildman–Crippen MR) is 104 cm³/mol. The summed E-state index contributed by atoms with van der Waals surface area (Å²) in [7, 11) is 0.264. The van der Waals surface area contributed by atoms with Gasteiger partial charge in [0.05, 0.1) is 10.4 Å². The maximum Gasteiger partial charge on any atom is 0.268 e. The third-order valence-electron chi connectivity index (χ3n) is 4.34. The van der Waals surface area contributed by atoms with Crippen molar-refractivity contribution in [3.8, 4) is 5.75 Å². The first kappa shape index (κ1) is 18.5. The lowest BCUT2D eigenvalue weighted by atomic mass is 10.1. The number of fused-ring (bicyclic) bond motifs is 1. The van der Waals surface area contributed by atoms with Gasteiger partial charge in [0.2, 0.25) is 0 Å². The molecular weight excluding hydrogens is 348 g/mol. The molecule has 0 atom stereocenters. The SMILES string of the molecule is CCc1ccc(S(=O)(=O)n2ccc3ccccc32)cc1OCCN(C)C. The average molecular weight is 372 g/mol. The predicted octanol–water partition coefficient (Wildman–Crippen LogP) is 3.38. The van der Waals surface area contributed by atoms with Gasteiger partial charge in [-0.2, -0.15) is 0 Å². The molecule has 0 unspecified atom stereocenters. The maximum atomic E-state index is 13.1. The second-order valence-electron chi connectivity index (χ2n) is 6.45. The second-order valence-corrected chi connectivity index (χ2v) is 8.27. The minimum absolute atomic E-state index is 0.232. The molecule has 0 aliphatic rings. The molecule has 1 aromatic heterocycles. The van der Waals surface area contributed by atoms with Gasteiger partial charge in [-0.05, 0) is 44.3 Å². The van der Waals surface area contributed by atoms with E-state index in [-0.39, 0.29) is 4.90 Å². The summed E-state index contributed by atoms with van der Waals surface area (Å²) in [4.78, 5) is 2.26. The van der Waals surface area contributed by atoms with E-state index in [2.05, 4.69) is 0 Å². The molecule has 0 spiro atoms. The van der Waals surface area contributed by atoms with Gasteiger partial charge in [0, 0.05) is 24.2 Å². The Morgan fingerprint density at radius 1 is 1.08 bits per heavy atom. The van der Waals surface area contributed by atoms with E-state index in [0.717, 1.165) is 23.9 Å². The summed E-state index contributed by atoms with van der Waals surface area (Å²) in [6.07, 6.45) is 2.38. The number of hydrogen-bond donors (Lipinski definition) is 0. The molecule has 138 valence electrons. The summed E-state index contributed by atoms with van der Waals surface area (Å²) in [5.41, 5.74) is 1.67. The van der Waals surface area contributed by atoms with Gasteiger partial charge < -0.3 is 9.64 Å². The molecule has 0 N–H and O–H groups in total. The molecule has 0 bridgehead atoms. The molecule has 2 aromatic carbocycles. The Bertz CT molecular complexity index is 1010. The van der Waals surface area contributed by atoms with Crippen molar-refractivity contribution in [2.75, 3.05) is 27.2 Å². The van der Waals surface area contributed by atoms with Crippen LogP contribution in [0.5, 0.6) is 5.75 Å². The van der Waals surface area contributed by atoms with Crippen molar-refractivity contribution in [1.82, 2.24) is 8.87 Å². The lowest BCUT2D eigenvalue weighted by Crippen LogP contribution is -2.20. The standard InChI is InChI=1S/C20H24N2O3S/c1-4-16-9-10-18(15-20(16)25-14-13-21(2)3)26(23,24)22-12-11-17-7-5-6-8-19(17)22/h5-12,15H,4,13-14H2,1-3H3. The zero-order chi connectivity index (χ0) is 18.7. The third-order valence-corrected chi connectivity index (χ3v) is 6.02. The van der Waals surface area contributed by atoms with Crippen molar-refractivity contribution in [2.45, 2.75) is 18.2 Å². The Morgan fingerprint density at radius 3 is 2.58 bits per heavy atom. The first-order valence-corrected chi connectivity index (χ1v) is 10.1. The van der Waals surface area contributed by atoms with Gasteiger partial charge in [-0.1, -0.05) is 31.2 Å². The minimum atomic E-state index is -3.68. The van der Waals surface area contributed by atoms with Crippen LogP contribution in [0.3, 0.4) is 0 Å². The summed E-state index contributed by atoms with van der Waals surface area (Å²) in [5.74, 6) is 0.631. The van der Waals surface area contributed by atoms with Crippen LogP contribution in [0.4, 0.5) is 0 Å². The largest absolute Gasteiger partial charge is 0.492 e. The van der Waals surface area contributed by atoms with Gasteiger partial charge in [-0.3, -0.25) is 0 Å². The zero-order valence-electron chi connectivity index (χ0n) is 15.3. The van der Waals surface area contributed by atoms with Gasteiger partial charge in [0.1, 0.15) is 12.4 Å². The van der Waals surface area contributed by atoms with E-state index >= 15 is 0 Å². The quantitative estimate of drug-likeness (QED) is 0.638. The Kier molecular flexibility index (Phi) is 5.34. The van der Waals surface area contributed by atoms with Gasteiger partial charge >= 0.3 is 0 Å². The Labute approximate surface area is 154 Å². The molecule has 0 aliphatic heterocycles. The molecule has 5 nitrogen and oxygen atoms in total. The van der Waals surface area contributed by atoms with Crippen molar-refractivity contribution in [1.29, 1.82) is 0 Å². The molecule has 0 saturated heterocycles. The van der Waals surface area contributed by atoms with Crippen molar-refractivity contribution in [2.24, 2.45) is 0 Å². The maximum absolute atomic E-state index is 13.1. The Morgan fingerprint density at radius 2 is 1.85 bits per heavy atom. The number of rotatable bonds is 7. The highest BCUT2D eigenvalue weighted by Gasteiger charge is 2.20. The van der Waals surface area contributed by atoms with Crippen LogP contribution in [-0.2, 0) is 16.4 Å². The molecule has 3 rings (SSSR count). The summed E-state index contributed by atoms with van der Waals surface area (Å²) < 4.78 is 33.5. The third kappa shape index (κ3) is 3.61. The number of aromatic nitrogens is 1. The van der Waals surface area contributed by atoms with Crippen molar-refractivity contribution >= 4 is 20.9 Å². The molecule has 3 aromatic rings. The van der Waals surface area contributed by atoms with Crippen molar-refractivity contribution in [3.63, 3.8) is 0 Å². The molecule has 1 heterocycles. The first-order chi connectivity index (χ1) is 12.4. The van der Waals surface area contributed by atoms with Crippen LogP contribution in [0.2, 0.25) is 0 Å². The number of likely N-dealkylation sites (N-methyl/N-ethyl adjacent to an activating group) is 1. The van der Waals surface area contributed by atoms with Crippen LogP contribution in [0.15, 0.2) is 59.6 Å². The highest BCUT2D eigenvalue weighted by Crippen LogP contribution is 2.27. The topological polar surface area (TPSA) is 51.5 Å². The van der Waals surface area contributed by atoms with Gasteiger partial charge in [0.15, 0.2) is 0 Å². The lowest BCUT2D eigenvalue weighted by molar-refractivity contribution is 0.259. The van der Waals surface area contributed by atoms with Crippen molar-refractivity contribution in [3.05, 3.63) is 60.3 Å². The lowest BCUT2D eigenvalue weighted by Gasteiger charge is -2.15. The summed E-state index contributed by atoms with van der Waals surface area (Å²) >= 11 is 0. The highest BCUT2D eigenvalue weighted by molar-refractivity contribution is 7.90. The molecule has 6 heteroatoms. The summed E-state index contributed by atoms with van der Waals surface area (Å²) in [6.45, 7) is 3.31. The van der Waals surface area contributed by atoms with Crippen molar-refractivity contribution < 1.29 is 13.2 Å². The first-order valence-electron chi connectivity index (χ1n) is 8.65. The summed E-state index contributed by atoms with van der Waals surface area (Å²) in [5, 5.41) is 0.892. The number of hydrogen-bond acceptors (Lipinski definition) is 4. The fourth-order valence-corrected chi connectivity index (χ4v) is 4.21. The van der Waals surface area contributed by atoms with Crippen LogP contribution in [0.25, 0.3) is 10.9 Å². The molecular formula is C20H24N2O3S. The molecule has 0 saturated carbocycles. The van der Waals surface area contributed by atoms with E-state index < -0.39 is 10.0 Å². The second kappa shape index (κ2) is 7.51. The van der Waals surface area contributed by atoms with Crippen LogP contribution >= 0.6 is 0 Å². The van der Waals surface area contributed by atoms with Crippen LogP contribution in [0.1, 0.15) is 12.5 Å². The van der Waals surface area contributed by atoms with E-state index in [0.29, 0.717) is 17.9 Å². The summed E-state index contributed by atoms with van der Waals surface area (Å²) in [6, 6.07) is 14.4. The van der Waals surface area contributed by atoms with E-state index in [1.54, 1.807) is 18.3 Å². The normalized spacial score (nSPS) is 12.0. The monoisotopic (exact) mass is 372 g/mol. The fourth-order valence-electron chi connectivity index (χ4n) is 2.84. The fraction of sp³-hybridized carbons (Fsp3) is 0.300. The van der Waals surface area contributed by atoms with Crippen LogP contribution < -0.4 is 4.74 Å². The smallest absolute Gasteiger partial charge is 0.268 e. The van der Waals surface area contributed by atoms with Gasteiger partial charge in [-0.15, -0.1) is 0 Å². The highest BCUT2D eigenvalue weighted by atomic mass is 32.2. The molecule has 26 heavy (non-hydrogen) atoms. The minimum Gasteiger partial charge on any atom is -0.492 e. The number of benzene rings is 2. The molecule has 0 aliphatic carbocycles. The van der Waals surface area contributed by atoms with Crippen LogP contribution in [-0.4, -0.2) is 44.5 Å². The van der Waals surface area contributed by atoms with E-state index in [1.165, 1.54) is 3.97 Å². The Balaban J connectivity index is 1.99. The van der Waals surface area contributed by atoms with Gasteiger partial charge in [0.25, 0.3) is 10.0 Å². The number of ether oxygens (including phenoxy) is 1. The number of para-hydroxylation sites is 1. The molecule has 0 amide bonds. The van der Waals surface area contributed by atoms with E-state index in [4.69, 9.17) is 4.74 Å². The number of nitrogens with zero attached hydrogens (tertiary/aromatic N) is 2. The number of aryl methyl sites for hydroxylation is 1. The van der Waals surface area contributed by atoms with E-state index in [9.17, 15) is 8.42 Å². The zero-order valence-corrected chi connectivity index (χ0v) is 16.2. The molecule has 0 fully saturated rings. The van der Waals surface area contributed by atoms with Crippen LogP contribution in [0, 0.1) is 0 Å². The van der Waals surface area contributed by atoms with E-state index in [1.807, 2.05) is 62.3 Å². The van der Waals surface area contributed by atoms with Gasteiger partial charge in [-0.25, -0.2) is 12.4 Å².